The van der Waals surface area contributed by atoms with Gasteiger partial charge in [-0.15, -0.1) is 0 Å². The monoisotopic (exact) mass is 278 g/mol. The Morgan fingerprint density at radius 3 is 2.05 bits per heavy atom. The van der Waals surface area contributed by atoms with Gasteiger partial charge in [-0.25, -0.2) is 0 Å². The zero-order valence-electron chi connectivity index (χ0n) is 12.0. The van der Waals surface area contributed by atoms with E-state index in [-0.39, 0.29) is 11.8 Å². The van der Waals surface area contributed by atoms with Gasteiger partial charge in [0.2, 0.25) is 0 Å². The van der Waals surface area contributed by atoms with Gasteiger partial charge in [0.25, 0.3) is 11.8 Å². The predicted molar refractivity (Wildman–Crippen MR) is 78.8 cm³/mol. The Labute approximate surface area is 119 Å². The molecule has 0 aliphatic heterocycles. The second-order valence-corrected chi connectivity index (χ2v) is 4.49. The van der Waals surface area contributed by atoms with Crippen LogP contribution in [0, 0.1) is 6.92 Å². The van der Waals surface area contributed by atoms with Crippen molar-refractivity contribution >= 4 is 11.8 Å². The van der Waals surface area contributed by atoms with Gasteiger partial charge in [-0.1, -0.05) is 0 Å². The third-order valence-corrected chi connectivity index (χ3v) is 2.69. The summed E-state index contributed by atoms with van der Waals surface area (Å²) in [6.45, 7) is 3.88. The minimum absolute atomic E-state index is 0.183. The molecule has 2 amide bonds. The summed E-state index contributed by atoms with van der Waals surface area (Å²) in [5.41, 5.74) is 7.17. The molecule has 6 heteroatoms. The zero-order chi connectivity index (χ0) is 15.0. The van der Waals surface area contributed by atoms with Crippen LogP contribution in [0.1, 0.15) is 26.3 Å². The molecule has 0 heterocycles. The first-order valence-corrected chi connectivity index (χ1v) is 6.61. The summed E-state index contributed by atoms with van der Waals surface area (Å²) in [6.07, 6.45) is 0. The number of hydrogen-bond acceptors (Lipinski definition) is 4. The van der Waals surface area contributed by atoms with Crippen molar-refractivity contribution in [1.29, 1.82) is 0 Å². The molecule has 0 saturated carbocycles. The number of aryl methyl sites for hydroxylation is 1. The summed E-state index contributed by atoms with van der Waals surface area (Å²) in [4.78, 5) is 23.9. The van der Waals surface area contributed by atoms with Crippen LogP contribution in [0.3, 0.4) is 0 Å². The molecule has 0 fully saturated rings. The van der Waals surface area contributed by atoms with Crippen molar-refractivity contribution < 1.29 is 9.59 Å². The van der Waals surface area contributed by atoms with Crippen LogP contribution < -0.4 is 21.7 Å². The highest BCUT2D eigenvalue weighted by atomic mass is 16.2. The Kier molecular flexibility index (Phi) is 6.69. The fourth-order valence-corrected chi connectivity index (χ4v) is 1.74. The SMILES string of the molecule is CNCCNC(=O)c1cc(C)cc(C(=O)NCCN)c1. The highest BCUT2D eigenvalue weighted by Gasteiger charge is 2.11. The maximum absolute atomic E-state index is 12.0. The molecule has 0 spiro atoms. The van der Waals surface area contributed by atoms with Gasteiger partial charge < -0.3 is 21.7 Å². The van der Waals surface area contributed by atoms with E-state index < -0.39 is 0 Å². The van der Waals surface area contributed by atoms with Crippen LogP contribution >= 0.6 is 0 Å². The standard InChI is InChI=1S/C14H22N4O2/c1-10-7-11(13(19)17-4-3-15)9-12(8-10)14(20)18-6-5-16-2/h7-9,16H,3-6,15H2,1-2H3,(H,17,19)(H,18,20). The van der Waals surface area contributed by atoms with Gasteiger partial charge >= 0.3 is 0 Å². The smallest absolute Gasteiger partial charge is 0.251 e. The van der Waals surface area contributed by atoms with Crippen LogP contribution in [0.4, 0.5) is 0 Å². The Bertz CT molecular complexity index is 474. The van der Waals surface area contributed by atoms with Crippen molar-refractivity contribution in [2.24, 2.45) is 5.73 Å². The fourth-order valence-electron chi connectivity index (χ4n) is 1.74. The minimum atomic E-state index is -0.219. The molecule has 110 valence electrons. The minimum Gasteiger partial charge on any atom is -0.351 e. The third kappa shape index (κ3) is 4.99. The van der Waals surface area contributed by atoms with Crippen LogP contribution in [-0.4, -0.2) is 45.0 Å². The number of rotatable bonds is 7. The molecule has 0 aromatic heterocycles. The van der Waals surface area contributed by atoms with Gasteiger partial charge in [0.15, 0.2) is 0 Å². The van der Waals surface area contributed by atoms with Crippen molar-refractivity contribution in [1.82, 2.24) is 16.0 Å². The molecule has 20 heavy (non-hydrogen) atoms. The average Bonchev–Trinajstić information content (AvgIpc) is 2.44. The molecule has 0 unspecified atom stereocenters. The van der Waals surface area contributed by atoms with E-state index in [1.54, 1.807) is 18.2 Å². The summed E-state index contributed by atoms with van der Waals surface area (Å²) in [5, 5.41) is 8.42. The van der Waals surface area contributed by atoms with Crippen LogP contribution in [0.5, 0.6) is 0 Å². The summed E-state index contributed by atoms with van der Waals surface area (Å²) >= 11 is 0. The Morgan fingerprint density at radius 2 is 1.55 bits per heavy atom. The number of carbonyl (C=O) groups excluding carboxylic acids is 2. The summed E-state index contributed by atoms with van der Waals surface area (Å²) in [5.74, 6) is -0.403. The quantitative estimate of drug-likeness (QED) is 0.512. The highest BCUT2D eigenvalue weighted by molar-refractivity contribution is 6.00. The Balaban J connectivity index is 2.80. The lowest BCUT2D eigenvalue weighted by Gasteiger charge is -2.09. The molecule has 6 nitrogen and oxygen atoms in total. The molecular formula is C14H22N4O2. The number of nitrogens with one attached hydrogen (secondary N) is 3. The lowest BCUT2D eigenvalue weighted by Crippen LogP contribution is -2.31. The molecule has 0 atom stereocenters. The number of amides is 2. The highest BCUT2D eigenvalue weighted by Crippen LogP contribution is 2.10. The van der Waals surface area contributed by atoms with E-state index in [0.717, 1.165) is 5.56 Å². The Morgan fingerprint density at radius 1 is 1.00 bits per heavy atom. The van der Waals surface area contributed by atoms with Gasteiger partial charge in [-0.05, 0) is 37.7 Å². The van der Waals surface area contributed by atoms with Crippen molar-refractivity contribution in [3.63, 3.8) is 0 Å². The maximum Gasteiger partial charge on any atom is 0.251 e. The fraction of sp³-hybridized carbons (Fsp3) is 0.429. The van der Waals surface area contributed by atoms with Crippen LogP contribution in [0.2, 0.25) is 0 Å². The topological polar surface area (TPSA) is 96.2 Å². The molecule has 1 rings (SSSR count). The first kappa shape index (κ1) is 16.1. The number of likely N-dealkylation sites (N-methyl/N-ethyl adjacent to an activating group) is 1. The van der Waals surface area contributed by atoms with E-state index in [1.165, 1.54) is 0 Å². The second-order valence-electron chi connectivity index (χ2n) is 4.49. The van der Waals surface area contributed by atoms with Gasteiger partial charge in [0, 0.05) is 37.3 Å². The average molecular weight is 278 g/mol. The summed E-state index contributed by atoms with van der Waals surface area (Å²) < 4.78 is 0. The van der Waals surface area contributed by atoms with Crippen LogP contribution in [0.15, 0.2) is 18.2 Å². The largest absolute Gasteiger partial charge is 0.351 e. The first-order chi connectivity index (χ1) is 9.58. The van der Waals surface area contributed by atoms with Crippen molar-refractivity contribution in [3.05, 3.63) is 34.9 Å². The second kappa shape index (κ2) is 8.29. The van der Waals surface area contributed by atoms with Crippen LogP contribution in [0.25, 0.3) is 0 Å². The first-order valence-electron chi connectivity index (χ1n) is 6.61. The van der Waals surface area contributed by atoms with E-state index in [4.69, 9.17) is 5.73 Å². The molecular weight excluding hydrogens is 256 g/mol. The van der Waals surface area contributed by atoms with Gasteiger partial charge in [-0.3, -0.25) is 9.59 Å². The molecule has 1 aromatic carbocycles. The molecule has 5 N–H and O–H groups in total. The van der Waals surface area contributed by atoms with Crippen LogP contribution in [-0.2, 0) is 0 Å². The van der Waals surface area contributed by atoms with E-state index >= 15 is 0 Å². The number of nitrogens with two attached hydrogens (primary N) is 1. The Hall–Kier alpha value is -1.92. The van der Waals surface area contributed by atoms with Crippen molar-refractivity contribution in [2.45, 2.75) is 6.92 Å². The van der Waals surface area contributed by atoms with Gasteiger partial charge in [0.1, 0.15) is 0 Å². The summed E-state index contributed by atoms with van der Waals surface area (Å²) in [7, 11) is 1.82. The predicted octanol–water partition coefficient (Wildman–Crippen LogP) is -0.367. The zero-order valence-corrected chi connectivity index (χ0v) is 12.0. The number of benzene rings is 1. The lowest BCUT2D eigenvalue weighted by atomic mass is 10.1. The van der Waals surface area contributed by atoms with E-state index in [1.807, 2.05) is 14.0 Å². The summed E-state index contributed by atoms with van der Waals surface area (Å²) in [6, 6.07) is 5.10. The normalized spacial score (nSPS) is 10.2. The van der Waals surface area contributed by atoms with E-state index in [9.17, 15) is 9.59 Å². The van der Waals surface area contributed by atoms with Crippen molar-refractivity contribution in [2.75, 3.05) is 33.2 Å². The third-order valence-electron chi connectivity index (χ3n) is 2.69. The number of hydrogen-bond donors (Lipinski definition) is 4. The van der Waals surface area contributed by atoms with Crippen molar-refractivity contribution in [3.8, 4) is 0 Å². The van der Waals surface area contributed by atoms with E-state index in [0.29, 0.717) is 37.3 Å². The van der Waals surface area contributed by atoms with Gasteiger partial charge in [-0.2, -0.15) is 0 Å². The molecule has 0 radical (unpaired) electrons. The number of carbonyl (C=O) groups is 2. The maximum atomic E-state index is 12.0. The molecule has 0 aliphatic rings. The molecule has 0 saturated heterocycles. The molecule has 0 aliphatic carbocycles. The lowest BCUT2D eigenvalue weighted by molar-refractivity contribution is 0.0953. The van der Waals surface area contributed by atoms with Gasteiger partial charge in [0.05, 0.1) is 0 Å². The van der Waals surface area contributed by atoms with E-state index in [2.05, 4.69) is 16.0 Å². The molecule has 1 aromatic rings. The molecule has 0 bridgehead atoms.